The van der Waals surface area contributed by atoms with Crippen molar-refractivity contribution in [3.05, 3.63) is 48.0 Å². The molecule has 0 unspecified atom stereocenters. The zero-order valence-corrected chi connectivity index (χ0v) is 16.5. The number of carbonyl (C=O) groups is 1. The van der Waals surface area contributed by atoms with Gasteiger partial charge in [-0.3, -0.25) is 4.79 Å². The van der Waals surface area contributed by atoms with Crippen molar-refractivity contribution in [1.82, 2.24) is 28.8 Å². The summed E-state index contributed by atoms with van der Waals surface area (Å²) in [6.07, 6.45) is 1.74. The number of nitrogens with zero attached hydrogens (tertiary/aromatic N) is 7. The number of carbonyl (C=O) groups excluding carboxylic acids is 1. The SMILES string of the molecule is Cc1nc(-c2ccc(N3CCN(C(=O)c4ccc5nsnc5c4)CC3)nc2)no1. The van der Waals surface area contributed by atoms with Gasteiger partial charge in [0.15, 0.2) is 0 Å². The van der Waals surface area contributed by atoms with Crippen LogP contribution in [0, 0.1) is 6.92 Å². The smallest absolute Gasteiger partial charge is 0.254 e. The predicted molar refractivity (Wildman–Crippen MR) is 108 cm³/mol. The van der Waals surface area contributed by atoms with Gasteiger partial charge in [0.05, 0.1) is 11.7 Å². The van der Waals surface area contributed by atoms with Crippen molar-refractivity contribution >= 4 is 34.5 Å². The molecule has 0 bridgehead atoms. The quantitative estimate of drug-likeness (QED) is 0.510. The zero-order chi connectivity index (χ0) is 19.8. The fourth-order valence-electron chi connectivity index (χ4n) is 3.36. The first-order valence-corrected chi connectivity index (χ1v) is 9.94. The molecule has 0 atom stereocenters. The van der Waals surface area contributed by atoms with E-state index >= 15 is 0 Å². The van der Waals surface area contributed by atoms with E-state index < -0.39 is 0 Å². The number of benzene rings is 1. The zero-order valence-electron chi connectivity index (χ0n) is 15.6. The lowest BCUT2D eigenvalue weighted by molar-refractivity contribution is 0.0746. The molecule has 1 fully saturated rings. The standard InChI is InChI=1S/C19H17N7O2S/c1-12-21-18(22-28-12)14-3-5-17(20-11-14)25-6-8-26(9-7-25)19(27)13-2-4-15-16(10-13)24-29-23-15/h2-5,10-11H,6-9H2,1H3. The van der Waals surface area contributed by atoms with E-state index in [-0.39, 0.29) is 5.91 Å². The maximum atomic E-state index is 12.8. The van der Waals surface area contributed by atoms with Crippen LogP contribution in [-0.4, -0.2) is 60.9 Å². The Morgan fingerprint density at radius 1 is 1.07 bits per heavy atom. The van der Waals surface area contributed by atoms with Gasteiger partial charge in [-0.05, 0) is 30.3 Å². The first kappa shape index (κ1) is 17.7. The van der Waals surface area contributed by atoms with Gasteiger partial charge in [-0.15, -0.1) is 0 Å². The molecule has 0 spiro atoms. The number of amides is 1. The van der Waals surface area contributed by atoms with Gasteiger partial charge in [-0.25, -0.2) is 4.98 Å². The monoisotopic (exact) mass is 407 g/mol. The third-order valence-corrected chi connectivity index (χ3v) is 5.48. The second-order valence-corrected chi connectivity index (χ2v) is 7.32. The predicted octanol–water partition coefficient (Wildman–Crippen LogP) is 2.41. The Bertz CT molecular complexity index is 1160. The number of anilines is 1. The van der Waals surface area contributed by atoms with Crippen molar-refractivity contribution in [2.24, 2.45) is 0 Å². The average Bonchev–Trinajstić information content (AvgIpc) is 3.42. The van der Waals surface area contributed by atoms with Crippen LogP contribution in [0.25, 0.3) is 22.4 Å². The van der Waals surface area contributed by atoms with Crippen molar-refractivity contribution in [2.75, 3.05) is 31.1 Å². The van der Waals surface area contributed by atoms with Gasteiger partial charge in [-0.2, -0.15) is 13.7 Å². The summed E-state index contributed by atoms with van der Waals surface area (Å²) in [4.78, 5) is 25.6. The van der Waals surface area contributed by atoms with Crippen LogP contribution in [0.1, 0.15) is 16.2 Å². The molecule has 1 aliphatic heterocycles. The molecule has 146 valence electrons. The normalized spacial score (nSPS) is 14.5. The molecule has 10 heteroatoms. The van der Waals surface area contributed by atoms with E-state index in [2.05, 4.69) is 28.8 Å². The van der Waals surface area contributed by atoms with E-state index in [1.54, 1.807) is 13.1 Å². The molecule has 1 amide bonds. The summed E-state index contributed by atoms with van der Waals surface area (Å²) in [5.41, 5.74) is 3.05. The second kappa shape index (κ2) is 7.21. The van der Waals surface area contributed by atoms with Crippen LogP contribution in [-0.2, 0) is 0 Å². The maximum absolute atomic E-state index is 12.8. The highest BCUT2D eigenvalue weighted by Gasteiger charge is 2.23. The Balaban J connectivity index is 1.24. The number of hydrogen-bond donors (Lipinski definition) is 0. The summed E-state index contributed by atoms with van der Waals surface area (Å²) in [6.45, 7) is 4.48. The maximum Gasteiger partial charge on any atom is 0.254 e. The molecular weight excluding hydrogens is 390 g/mol. The molecule has 0 saturated carbocycles. The van der Waals surface area contributed by atoms with Gasteiger partial charge in [0.1, 0.15) is 16.9 Å². The van der Waals surface area contributed by atoms with Crippen LogP contribution < -0.4 is 4.90 Å². The number of piperazine rings is 1. The molecule has 0 aliphatic carbocycles. The molecule has 9 nitrogen and oxygen atoms in total. The number of fused-ring (bicyclic) bond motifs is 1. The van der Waals surface area contributed by atoms with E-state index in [9.17, 15) is 4.79 Å². The van der Waals surface area contributed by atoms with Gasteiger partial charge < -0.3 is 14.3 Å². The van der Waals surface area contributed by atoms with Crippen LogP contribution in [0.3, 0.4) is 0 Å². The van der Waals surface area contributed by atoms with Crippen molar-refractivity contribution in [2.45, 2.75) is 6.92 Å². The third kappa shape index (κ3) is 3.42. The highest BCUT2D eigenvalue weighted by molar-refractivity contribution is 7.00. The summed E-state index contributed by atoms with van der Waals surface area (Å²) in [7, 11) is 0. The number of hydrogen-bond acceptors (Lipinski definition) is 9. The van der Waals surface area contributed by atoms with Crippen LogP contribution in [0.15, 0.2) is 41.1 Å². The molecular formula is C19H17N7O2S. The molecule has 1 aromatic carbocycles. The van der Waals surface area contributed by atoms with Crippen molar-refractivity contribution in [3.8, 4) is 11.4 Å². The summed E-state index contributed by atoms with van der Waals surface area (Å²) in [5, 5.41) is 3.91. The van der Waals surface area contributed by atoms with Gasteiger partial charge in [0.25, 0.3) is 5.91 Å². The van der Waals surface area contributed by atoms with E-state index in [1.807, 2.05) is 35.2 Å². The molecule has 1 saturated heterocycles. The summed E-state index contributed by atoms with van der Waals surface area (Å²) < 4.78 is 13.4. The largest absolute Gasteiger partial charge is 0.353 e. The van der Waals surface area contributed by atoms with Gasteiger partial charge in [0.2, 0.25) is 11.7 Å². The van der Waals surface area contributed by atoms with Crippen molar-refractivity contribution < 1.29 is 9.32 Å². The number of pyridine rings is 1. The molecule has 29 heavy (non-hydrogen) atoms. The van der Waals surface area contributed by atoms with Crippen molar-refractivity contribution in [1.29, 1.82) is 0 Å². The third-order valence-electron chi connectivity index (χ3n) is 4.93. The lowest BCUT2D eigenvalue weighted by Gasteiger charge is -2.35. The Labute approximate surface area is 170 Å². The number of aromatic nitrogens is 5. The van der Waals surface area contributed by atoms with Gasteiger partial charge in [-0.1, -0.05) is 5.16 Å². The second-order valence-electron chi connectivity index (χ2n) is 6.79. The van der Waals surface area contributed by atoms with Crippen molar-refractivity contribution in [3.63, 3.8) is 0 Å². The topological polar surface area (TPSA) is 101 Å². The highest BCUT2D eigenvalue weighted by Crippen LogP contribution is 2.21. The van der Waals surface area contributed by atoms with Crippen LogP contribution in [0.4, 0.5) is 5.82 Å². The fraction of sp³-hybridized carbons (Fsp3) is 0.263. The lowest BCUT2D eigenvalue weighted by atomic mass is 10.1. The summed E-state index contributed by atoms with van der Waals surface area (Å²) in [5.74, 6) is 1.95. The minimum absolute atomic E-state index is 0.0235. The molecule has 0 N–H and O–H groups in total. The molecule has 4 heterocycles. The van der Waals surface area contributed by atoms with E-state index in [4.69, 9.17) is 4.52 Å². The van der Waals surface area contributed by atoms with Gasteiger partial charge >= 0.3 is 0 Å². The average molecular weight is 407 g/mol. The molecule has 1 aliphatic rings. The van der Waals surface area contributed by atoms with Crippen LogP contribution in [0.5, 0.6) is 0 Å². The Kier molecular flexibility index (Phi) is 4.39. The molecule has 3 aromatic heterocycles. The lowest BCUT2D eigenvalue weighted by Crippen LogP contribution is -2.49. The minimum Gasteiger partial charge on any atom is -0.353 e. The Morgan fingerprint density at radius 3 is 2.62 bits per heavy atom. The summed E-state index contributed by atoms with van der Waals surface area (Å²) in [6, 6.07) is 9.35. The van der Waals surface area contributed by atoms with E-state index in [1.165, 1.54) is 0 Å². The number of rotatable bonds is 3. The van der Waals surface area contributed by atoms with Crippen LogP contribution in [0.2, 0.25) is 0 Å². The Hall–Kier alpha value is -3.40. The minimum atomic E-state index is 0.0235. The molecule has 0 radical (unpaired) electrons. The first-order valence-electron chi connectivity index (χ1n) is 9.21. The Morgan fingerprint density at radius 2 is 1.90 bits per heavy atom. The van der Waals surface area contributed by atoms with Crippen LogP contribution >= 0.6 is 11.7 Å². The number of aryl methyl sites for hydroxylation is 1. The first-order chi connectivity index (χ1) is 14.2. The van der Waals surface area contributed by atoms with E-state index in [0.717, 1.165) is 47.2 Å². The molecule has 4 aromatic rings. The summed E-state index contributed by atoms with van der Waals surface area (Å²) >= 11 is 1.16. The van der Waals surface area contributed by atoms with E-state index in [0.29, 0.717) is 30.4 Å². The highest BCUT2D eigenvalue weighted by atomic mass is 32.1. The fourth-order valence-corrected chi connectivity index (χ4v) is 3.88. The molecule has 5 rings (SSSR count). The van der Waals surface area contributed by atoms with Gasteiger partial charge in [0, 0.05) is 50.4 Å².